The zero-order valence-corrected chi connectivity index (χ0v) is 17.3. The summed E-state index contributed by atoms with van der Waals surface area (Å²) < 4.78 is 13.4. The van der Waals surface area contributed by atoms with E-state index in [1.807, 2.05) is 66.9 Å². The van der Waals surface area contributed by atoms with Crippen LogP contribution in [-0.2, 0) is 16.1 Å². The van der Waals surface area contributed by atoms with Crippen LogP contribution in [0.15, 0.2) is 66.4 Å². The quantitative estimate of drug-likeness (QED) is 0.447. The number of aromatic nitrogens is 1. The molecule has 0 spiro atoms. The van der Waals surface area contributed by atoms with E-state index in [0.29, 0.717) is 19.7 Å². The van der Waals surface area contributed by atoms with E-state index < -0.39 is 0 Å². The van der Waals surface area contributed by atoms with Gasteiger partial charge in [-0.15, -0.1) is 0 Å². The molecular weight excluding hydrogens is 390 g/mol. The Labute approximate surface area is 181 Å². The molecule has 0 radical (unpaired) electrons. The highest BCUT2D eigenvalue weighted by atomic mass is 16.5. The van der Waals surface area contributed by atoms with Crippen LogP contribution in [0, 0.1) is 11.3 Å². The van der Waals surface area contributed by atoms with Crippen molar-refractivity contribution < 1.29 is 14.3 Å². The smallest absolute Gasteiger partial charge is 0.262 e. The van der Waals surface area contributed by atoms with Gasteiger partial charge >= 0.3 is 0 Å². The number of nitrogens with zero attached hydrogens (tertiary/aromatic N) is 2. The maximum absolute atomic E-state index is 12.5. The van der Waals surface area contributed by atoms with E-state index in [-0.39, 0.29) is 17.6 Å². The molecule has 3 aromatic rings. The molecule has 2 aromatic carbocycles. The average molecular weight is 415 g/mol. The van der Waals surface area contributed by atoms with Crippen molar-refractivity contribution in [1.82, 2.24) is 9.88 Å². The molecule has 158 valence electrons. The molecule has 1 fully saturated rings. The van der Waals surface area contributed by atoms with Crippen LogP contribution < -0.4 is 10.1 Å². The van der Waals surface area contributed by atoms with E-state index >= 15 is 0 Å². The Morgan fingerprint density at radius 3 is 2.81 bits per heavy atom. The molecule has 0 saturated carbocycles. The molecule has 4 rings (SSSR count). The minimum absolute atomic E-state index is 0.0374. The first-order valence-corrected chi connectivity index (χ1v) is 10.5. The largest absolute Gasteiger partial charge is 0.492 e. The molecule has 6 heteroatoms. The SMILES string of the molecule is N#C/C(=C\c1cn(CCOc2ccccc2)c2ccccc12)C(=O)NCC1CCCO1. The van der Waals surface area contributed by atoms with Crippen molar-refractivity contribution in [2.45, 2.75) is 25.5 Å². The molecule has 1 aliphatic rings. The van der Waals surface area contributed by atoms with E-state index in [2.05, 4.69) is 9.88 Å². The van der Waals surface area contributed by atoms with E-state index in [4.69, 9.17) is 9.47 Å². The number of hydrogen-bond donors (Lipinski definition) is 1. The van der Waals surface area contributed by atoms with Gasteiger partial charge in [0.15, 0.2) is 0 Å². The van der Waals surface area contributed by atoms with Crippen LogP contribution in [0.4, 0.5) is 0 Å². The summed E-state index contributed by atoms with van der Waals surface area (Å²) in [4.78, 5) is 12.5. The topological polar surface area (TPSA) is 76.3 Å². The average Bonchev–Trinajstić information content (AvgIpc) is 3.45. The first kappa shape index (κ1) is 20.7. The second-order valence-electron chi connectivity index (χ2n) is 7.47. The van der Waals surface area contributed by atoms with Gasteiger partial charge in [0.05, 0.1) is 12.6 Å². The summed E-state index contributed by atoms with van der Waals surface area (Å²) in [6.07, 6.45) is 5.60. The third-order valence-corrected chi connectivity index (χ3v) is 5.34. The molecule has 0 bridgehead atoms. The standard InChI is InChI=1S/C25H25N3O3/c26-16-19(25(29)27-17-22-9-6-13-30-22)15-20-18-28(24-11-5-4-10-23(20)24)12-14-31-21-7-2-1-3-8-21/h1-5,7-8,10-11,15,18,22H,6,9,12-14,17H2,(H,27,29)/b19-15+. The Morgan fingerprint density at radius 1 is 1.23 bits per heavy atom. The number of benzene rings is 2. The summed E-state index contributed by atoms with van der Waals surface area (Å²) in [7, 11) is 0. The van der Waals surface area contributed by atoms with Crippen molar-refractivity contribution in [3.63, 3.8) is 0 Å². The predicted octanol–water partition coefficient (Wildman–Crippen LogP) is 3.92. The van der Waals surface area contributed by atoms with Crippen molar-refractivity contribution in [3.05, 3.63) is 71.9 Å². The third-order valence-electron chi connectivity index (χ3n) is 5.34. The summed E-state index contributed by atoms with van der Waals surface area (Å²) in [5.41, 5.74) is 1.95. The highest BCUT2D eigenvalue weighted by Crippen LogP contribution is 2.24. The van der Waals surface area contributed by atoms with Crippen molar-refractivity contribution in [3.8, 4) is 11.8 Å². The fourth-order valence-electron chi connectivity index (χ4n) is 3.76. The van der Waals surface area contributed by atoms with Crippen LogP contribution in [0.3, 0.4) is 0 Å². The minimum Gasteiger partial charge on any atom is -0.492 e. The summed E-state index contributed by atoms with van der Waals surface area (Å²) >= 11 is 0. The summed E-state index contributed by atoms with van der Waals surface area (Å²) in [6.45, 7) is 2.32. The van der Waals surface area contributed by atoms with E-state index in [1.54, 1.807) is 6.08 Å². The van der Waals surface area contributed by atoms with Crippen LogP contribution in [0.25, 0.3) is 17.0 Å². The number of rotatable bonds is 8. The van der Waals surface area contributed by atoms with Crippen LogP contribution in [0.1, 0.15) is 18.4 Å². The van der Waals surface area contributed by atoms with Crippen molar-refractivity contribution in [1.29, 1.82) is 5.26 Å². The second kappa shape index (κ2) is 9.96. The first-order chi connectivity index (χ1) is 15.2. The molecular formula is C25H25N3O3. The first-order valence-electron chi connectivity index (χ1n) is 10.5. The second-order valence-corrected chi connectivity index (χ2v) is 7.47. The lowest BCUT2D eigenvalue weighted by molar-refractivity contribution is -0.117. The predicted molar refractivity (Wildman–Crippen MR) is 119 cm³/mol. The number of nitrogens with one attached hydrogen (secondary N) is 1. The maximum Gasteiger partial charge on any atom is 0.262 e. The fraction of sp³-hybridized carbons (Fsp3) is 0.280. The van der Waals surface area contributed by atoms with Crippen LogP contribution in [0.2, 0.25) is 0 Å². The van der Waals surface area contributed by atoms with Gasteiger partial charge in [-0.05, 0) is 37.1 Å². The number of carbonyl (C=O) groups excluding carboxylic acids is 1. The number of para-hydroxylation sites is 2. The lowest BCUT2D eigenvalue weighted by Crippen LogP contribution is -2.32. The molecule has 0 aliphatic carbocycles. The Balaban J connectivity index is 1.49. The summed E-state index contributed by atoms with van der Waals surface area (Å²) in [5.74, 6) is 0.455. The normalized spacial score (nSPS) is 16.2. The Bertz CT molecular complexity index is 1110. The van der Waals surface area contributed by atoms with Crippen molar-refractivity contribution >= 4 is 22.9 Å². The molecule has 1 amide bonds. The van der Waals surface area contributed by atoms with Crippen molar-refractivity contribution in [2.75, 3.05) is 19.8 Å². The van der Waals surface area contributed by atoms with Crippen LogP contribution in [-0.4, -0.2) is 36.3 Å². The van der Waals surface area contributed by atoms with Gasteiger partial charge in [0.1, 0.15) is 24.0 Å². The van der Waals surface area contributed by atoms with Gasteiger partial charge in [0.2, 0.25) is 0 Å². The van der Waals surface area contributed by atoms with E-state index in [9.17, 15) is 10.1 Å². The highest BCUT2D eigenvalue weighted by Gasteiger charge is 2.18. The molecule has 31 heavy (non-hydrogen) atoms. The molecule has 1 aromatic heterocycles. The van der Waals surface area contributed by atoms with Gasteiger partial charge in [-0.3, -0.25) is 4.79 Å². The monoisotopic (exact) mass is 415 g/mol. The van der Waals surface area contributed by atoms with Gasteiger partial charge in [-0.1, -0.05) is 36.4 Å². The highest BCUT2D eigenvalue weighted by molar-refractivity contribution is 6.04. The van der Waals surface area contributed by atoms with Gasteiger partial charge < -0.3 is 19.4 Å². The number of hydrogen-bond acceptors (Lipinski definition) is 4. The summed E-state index contributed by atoms with van der Waals surface area (Å²) in [5, 5.41) is 13.4. The Kier molecular flexibility index (Phi) is 6.65. The number of amides is 1. The third kappa shape index (κ3) is 5.14. The lowest BCUT2D eigenvalue weighted by Gasteiger charge is -2.10. The number of nitriles is 1. The molecule has 1 unspecified atom stereocenters. The lowest BCUT2D eigenvalue weighted by atomic mass is 10.1. The molecule has 6 nitrogen and oxygen atoms in total. The molecule has 1 aliphatic heterocycles. The van der Waals surface area contributed by atoms with Crippen LogP contribution in [0.5, 0.6) is 5.75 Å². The van der Waals surface area contributed by atoms with Gasteiger partial charge in [0.25, 0.3) is 5.91 Å². The molecule has 1 atom stereocenters. The summed E-state index contributed by atoms with van der Waals surface area (Å²) in [6, 6.07) is 19.7. The Hall–Kier alpha value is -3.56. The Morgan fingerprint density at radius 2 is 2.03 bits per heavy atom. The van der Waals surface area contributed by atoms with Gasteiger partial charge in [-0.2, -0.15) is 5.26 Å². The van der Waals surface area contributed by atoms with Gasteiger partial charge in [0, 0.05) is 35.8 Å². The zero-order chi connectivity index (χ0) is 21.5. The van der Waals surface area contributed by atoms with Crippen LogP contribution >= 0.6 is 0 Å². The number of fused-ring (bicyclic) bond motifs is 1. The zero-order valence-electron chi connectivity index (χ0n) is 17.3. The number of carbonyl (C=O) groups is 1. The van der Waals surface area contributed by atoms with Crippen molar-refractivity contribution in [2.24, 2.45) is 0 Å². The maximum atomic E-state index is 12.5. The fourth-order valence-corrected chi connectivity index (χ4v) is 3.76. The van der Waals surface area contributed by atoms with E-state index in [1.165, 1.54) is 0 Å². The molecule has 2 heterocycles. The minimum atomic E-state index is -0.373. The molecule has 1 N–H and O–H groups in total. The van der Waals surface area contributed by atoms with E-state index in [0.717, 1.165) is 41.7 Å². The van der Waals surface area contributed by atoms with Gasteiger partial charge in [-0.25, -0.2) is 0 Å². The number of ether oxygens (including phenoxy) is 2. The molecule has 1 saturated heterocycles.